The fourth-order valence-corrected chi connectivity index (χ4v) is 2.98. The Bertz CT molecular complexity index is 953. The SMILES string of the molecule is COc1ccc(C(=O)COC(=O)[C@@H]2CC(=O)N(NC(=O)c3ccc(C)cc3)C2)cc1. The summed E-state index contributed by atoms with van der Waals surface area (Å²) in [5.41, 5.74) is 4.31. The second-order valence-electron chi connectivity index (χ2n) is 6.97. The molecule has 0 aromatic heterocycles. The number of ether oxygens (including phenoxy) is 2. The van der Waals surface area contributed by atoms with E-state index in [1.165, 1.54) is 7.11 Å². The number of hydrogen-bond donors (Lipinski definition) is 1. The van der Waals surface area contributed by atoms with Gasteiger partial charge in [0.25, 0.3) is 5.91 Å². The molecule has 2 aromatic rings. The number of amides is 2. The minimum atomic E-state index is -0.750. The van der Waals surface area contributed by atoms with Crippen molar-refractivity contribution in [1.82, 2.24) is 10.4 Å². The standard InChI is InChI=1S/C22H22N2O6/c1-14-3-5-16(6-4-14)21(27)23-24-12-17(11-20(24)26)22(28)30-13-19(25)15-7-9-18(29-2)10-8-15/h3-10,17H,11-13H2,1-2H3,(H,23,27)/t17-/m1/s1. The van der Waals surface area contributed by atoms with Gasteiger partial charge in [-0.2, -0.15) is 0 Å². The summed E-state index contributed by atoms with van der Waals surface area (Å²) in [5, 5.41) is 1.11. The summed E-state index contributed by atoms with van der Waals surface area (Å²) in [6, 6.07) is 13.3. The number of carbonyl (C=O) groups excluding carboxylic acids is 4. The first kappa shape index (κ1) is 21.0. The van der Waals surface area contributed by atoms with Crippen LogP contribution in [-0.4, -0.2) is 48.8 Å². The number of Topliss-reactive ketones (excluding diaryl/α,β-unsaturated/α-hetero) is 1. The zero-order valence-corrected chi connectivity index (χ0v) is 16.7. The van der Waals surface area contributed by atoms with E-state index < -0.39 is 24.4 Å². The maximum absolute atomic E-state index is 12.3. The first-order chi connectivity index (χ1) is 14.4. The van der Waals surface area contributed by atoms with E-state index >= 15 is 0 Å². The monoisotopic (exact) mass is 410 g/mol. The lowest BCUT2D eigenvalue weighted by atomic mass is 10.1. The third kappa shape index (κ3) is 5.02. The molecule has 1 fully saturated rings. The average molecular weight is 410 g/mol. The van der Waals surface area contributed by atoms with Crippen LogP contribution in [0.15, 0.2) is 48.5 Å². The van der Waals surface area contributed by atoms with Crippen molar-refractivity contribution in [3.8, 4) is 5.75 Å². The molecule has 2 aromatic carbocycles. The molecule has 30 heavy (non-hydrogen) atoms. The Hall–Kier alpha value is -3.68. The van der Waals surface area contributed by atoms with Crippen molar-refractivity contribution in [2.75, 3.05) is 20.3 Å². The van der Waals surface area contributed by atoms with Gasteiger partial charge < -0.3 is 9.47 Å². The Morgan fingerprint density at radius 3 is 2.30 bits per heavy atom. The van der Waals surface area contributed by atoms with E-state index in [4.69, 9.17) is 9.47 Å². The van der Waals surface area contributed by atoms with E-state index in [1.54, 1.807) is 48.5 Å². The molecular formula is C22H22N2O6. The summed E-state index contributed by atoms with van der Waals surface area (Å²) < 4.78 is 10.1. The van der Waals surface area contributed by atoms with Gasteiger partial charge in [0, 0.05) is 17.5 Å². The van der Waals surface area contributed by atoms with Crippen molar-refractivity contribution in [3.63, 3.8) is 0 Å². The normalized spacial score (nSPS) is 15.6. The van der Waals surface area contributed by atoms with Crippen LogP contribution >= 0.6 is 0 Å². The average Bonchev–Trinajstić information content (AvgIpc) is 3.12. The predicted molar refractivity (Wildman–Crippen MR) is 107 cm³/mol. The minimum absolute atomic E-state index is 0.00794. The van der Waals surface area contributed by atoms with Gasteiger partial charge in [-0.05, 0) is 43.3 Å². The number of esters is 1. The van der Waals surface area contributed by atoms with E-state index in [1.807, 2.05) is 6.92 Å². The maximum atomic E-state index is 12.3. The molecule has 0 spiro atoms. The molecule has 1 N–H and O–H groups in total. The number of rotatable bonds is 7. The van der Waals surface area contributed by atoms with E-state index in [-0.39, 0.29) is 24.7 Å². The fourth-order valence-electron chi connectivity index (χ4n) is 2.98. The molecule has 156 valence electrons. The van der Waals surface area contributed by atoms with Gasteiger partial charge in [-0.3, -0.25) is 29.6 Å². The van der Waals surface area contributed by atoms with Crippen LogP contribution in [0.2, 0.25) is 0 Å². The second-order valence-corrected chi connectivity index (χ2v) is 6.97. The minimum Gasteiger partial charge on any atom is -0.497 e. The van der Waals surface area contributed by atoms with Crippen LogP contribution in [0, 0.1) is 12.8 Å². The first-order valence-electron chi connectivity index (χ1n) is 9.39. The highest BCUT2D eigenvalue weighted by Crippen LogP contribution is 2.18. The molecule has 1 aliphatic heterocycles. The first-order valence-corrected chi connectivity index (χ1v) is 9.39. The third-order valence-electron chi connectivity index (χ3n) is 4.77. The lowest BCUT2D eigenvalue weighted by Crippen LogP contribution is -2.43. The van der Waals surface area contributed by atoms with Gasteiger partial charge in [-0.1, -0.05) is 17.7 Å². The van der Waals surface area contributed by atoms with Crippen LogP contribution in [0.25, 0.3) is 0 Å². The molecule has 0 aliphatic carbocycles. The van der Waals surface area contributed by atoms with Crippen LogP contribution in [0.3, 0.4) is 0 Å². The van der Waals surface area contributed by atoms with Crippen molar-refractivity contribution < 1.29 is 28.7 Å². The van der Waals surface area contributed by atoms with Gasteiger partial charge in [0.2, 0.25) is 5.91 Å². The van der Waals surface area contributed by atoms with E-state index in [0.29, 0.717) is 16.9 Å². The van der Waals surface area contributed by atoms with Crippen LogP contribution in [0.4, 0.5) is 0 Å². The second kappa shape index (κ2) is 9.21. The topological polar surface area (TPSA) is 102 Å². The molecule has 0 bridgehead atoms. The van der Waals surface area contributed by atoms with Gasteiger partial charge in [0.15, 0.2) is 12.4 Å². The number of hydrogen-bond acceptors (Lipinski definition) is 6. The van der Waals surface area contributed by atoms with Gasteiger partial charge in [-0.15, -0.1) is 0 Å². The maximum Gasteiger partial charge on any atom is 0.311 e. The third-order valence-corrected chi connectivity index (χ3v) is 4.77. The quantitative estimate of drug-likeness (QED) is 0.553. The highest BCUT2D eigenvalue weighted by atomic mass is 16.5. The van der Waals surface area contributed by atoms with Crippen LogP contribution in [0.1, 0.15) is 32.7 Å². The number of aryl methyl sites for hydroxylation is 1. The number of carbonyl (C=O) groups is 4. The molecule has 1 saturated heterocycles. The molecule has 8 nitrogen and oxygen atoms in total. The Kier molecular flexibility index (Phi) is 6.46. The van der Waals surface area contributed by atoms with Crippen molar-refractivity contribution in [2.24, 2.45) is 5.92 Å². The summed E-state index contributed by atoms with van der Waals surface area (Å²) in [7, 11) is 1.52. The van der Waals surface area contributed by atoms with Crippen molar-refractivity contribution in [1.29, 1.82) is 0 Å². The number of ketones is 1. The molecule has 1 aliphatic rings. The summed E-state index contributed by atoms with van der Waals surface area (Å²) in [6.45, 7) is 1.47. The Labute approximate surface area is 173 Å². The van der Waals surface area contributed by atoms with Gasteiger partial charge in [0.05, 0.1) is 19.6 Å². The number of nitrogens with zero attached hydrogens (tertiary/aromatic N) is 1. The number of methoxy groups -OCH3 is 1. The summed E-state index contributed by atoms with van der Waals surface area (Å²) in [5.74, 6) is -1.98. The number of benzene rings is 2. The predicted octanol–water partition coefficient (Wildman–Crippen LogP) is 1.92. The molecule has 2 amide bonds. The highest BCUT2D eigenvalue weighted by molar-refractivity contribution is 5.99. The van der Waals surface area contributed by atoms with Crippen molar-refractivity contribution >= 4 is 23.6 Å². The lowest BCUT2D eigenvalue weighted by Gasteiger charge is -2.17. The molecule has 1 heterocycles. The largest absolute Gasteiger partial charge is 0.497 e. The van der Waals surface area contributed by atoms with Crippen molar-refractivity contribution in [3.05, 3.63) is 65.2 Å². The summed E-state index contributed by atoms with van der Waals surface area (Å²) in [6.07, 6.45) is -0.0935. The summed E-state index contributed by atoms with van der Waals surface area (Å²) in [4.78, 5) is 48.9. The molecule has 0 unspecified atom stereocenters. The van der Waals surface area contributed by atoms with E-state index in [2.05, 4.69) is 5.43 Å². The Morgan fingerprint density at radius 2 is 1.67 bits per heavy atom. The zero-order valence-electron chi connectivity index (χ0n) is 16.7. The molecule has 0 radical (unpaired) electrons. The lowest BCUT2D eigenvalue weighted by molar-refractivity contribution is -0.147. The van der Waals surface area contributed by atoms with Gasteiger partial charge in [-0.25, -0.2) is 0 Å². The number of nitrogens with one attached hydrogen (secondary N) is 1. The summed E-state index contributed by atoms with van der Waals surface area (Å²) >= 11 is 0. The molecule has 1 atom stereocenters. The van der Waals surface area contributed by atoms with E-state index in [0.717, 1.165) is 10.6 Å². The van der Waals surface area contributed by atoms with Gasteiger partial charge >= 0.3 is 5.97 Å². The molecule has 8 heteroatoms. The fraction of sp³-hybridized carbons (Fsp3) is 0.273. The van der Waals surface area contributed by atoms with E-state index in [9.17, 15) is 19.2 Å². The van der Waals surface area contributed by atoms with Crippen LogP contribution in [0.5, 0.6) is 5.75 Å². The smallest absolute Gasteiger partial charge is 0.311 e. The zero-order chi connectivity index (χ0) is 21.7. The van der Waals surface area contributed by atoms with Crippen LogP contribution < -0.4 is 10.2 Å². The highest BCUT2D eigenvalue weighted by Gasteiger charge is 2.36. The van der Waals surface area contributed by atoms with Gasteiger partial charge in [0.1, 0.15) is 5.75 Å². The Morgan fingerprint density at radius 1 is 1.03 bits per heavy atom. The van der Waals surface area contributed by atoms with Crippen LogP contribution in [-0.2, 0) is 14.3 Å². The molecular weight excluding hydrogens is 388 g/mol. The molecule has 3 rings (SSSR count). The Balaban J connectivity index is 1.51. The van der Waals surface area contributed by atoms with Crippen molar-refractivity contribution in [2.45, 2.75) is 13.3 Å². The molecule has 0 saturated carbocycles. The number of hydrazine groups is 1.